The summed E-state index contributed by atoms with van der Waals surface area (Å²) in [5, 5.41) is 3.15. The fourth-order valence-corrected chi connectivity index (χ4v) is 1.99. The second-order valence-electron chi connectivity index (χ2n) is 4.94. The third-order valence-electron chi connectivity index (χ3n) is 2.68. The molecule has 16 heavy (non-hydrogen) atoms. The molecule has 0 aliphatic rings. The van der Waals surface area contributed by atoms with Gasteiger partial charge in [-0.15, -0.1) is 0 Å². The summed E-state index contributed by atoms with van der Waals surface area (Å²) in [7, 11) is 3.40. The minimum atomic E-state index is -0.228. The maximum atomic E-state index is 13.9. The van der Waals surface area contributed by atoms with Crippen molar-refractivity contribution in [3.05, 3.63) is 29.6 Å². The molecule has 0 fully saturated rings. The van der Waals surface area contributed by atoms with E-state index in [1.165, 1.54) is 6.07 Å². The van der Waals surface area contributed by atoms with E-state index >= 15 is 0 Å². The minimum Gasteiger partial charge on any atom is -0.496 e. The Morgan fingerprint density at radius 3 is 2.38 bits per heavy atom. The van der Waals surface area contributed by atoms with E-state index in [9.17, 15) is 4.39 Å². The van der Waals surface area contributed by atoms with E-state index in [0.717, 1.165) is 0 Å². The molecule has 0 aliphatic carbocycles. The van der Waals surface area contributed by atoms with Crippen molar-refractivity contribution in [1.29, 1.82) is 0 Å². The van der Waals surface area contributed by atoms with E-state index in [1.54, 1.807) is 19.2 Å². The smallest absolute Gasteiger partial charge is 0.131 e. The molecule has 0 spiro atoms. The molecule has 0 amide bonds. The second kappa shape index (κ2) is 4.83. The zero-order valence-corrected chi connectivity index (χ0v) is 10.6. The van der Waals surface area contributed by atoms with Crippen molar-refractivity contribution in [3.63, 3.8) is 0 Å². The van der Waals surface area contributed by atoms with Crippen LogP contribution in [0.25, 0.3) is 0 Å². The summed E-state index contributed by atoms with van der Waals surface area (Å²) in [6, 6.07) is 4.83. The van der Waals surface area contributed by atoms with Gasteiger partial charge in [0.2, 0.25) is 0 Å². The van der Waals surface area contributed by atoms with Crippen LogP contribution in [-0.4, -0.2) is 14.2 Å². The van der Waals surface area contributed by atoms with Crippen molar-refractivity contribution in [2.24, 2.45) is 5.41 Å². The van der Waals surface area contributed by atoms with Gasteiger partial charge in [0.1, 0.15) is 11.6 Å². The SMILES string of the molecule is CNC(c1c(F)cccc1OC)C(C)(C)C. The van der Waals surface area contributed by atoms with Crippen LogP contribution >= 0.6 is 0 Å². The maximum Gasteiger partial charge on any atom is 0.131 e. The van der Waals surface area contributed by atoms with E-state index < -0.39 is 0 Å². The molecule has 1 atom stereocenters. The molecule has 0 radical (unpaired) electrons. The first-order valence-electron chi connectivity index (χ1n) is 5.41. The van der Waals surface area contributed by atoms with Gasteiger partial charge in [0, 0.05) is 11.6 Å². The quantitative estimate of drug-likeness (QED) is 0.853. The Hall–Kier alpha value is -1.09. The Bertz CT molecular complexity index is 357. The molecular formula is C13H20FNO. The molecule has 0 saturated carbocycles. The van der Waals surface area contributed by atoms with Crippen LogP contribution in [0.2, 0.25) is 0 Å². The molecule has 0 saturated heterocycles. The Morgan fingerprint density at radius 2 is 1.94 bits per heavy atom. The summed E-state index contributed by atoms with van der Waals surface area (Å²) in [6.45, 7) is 6.21. The van der Waals surface area contributed by atoms with Crippen LogP contribution in [0.15, 0.2) is 18.2 Å². The summed E-state index contributed by atoms with van der Waals surface area (Å²) < 4.78 is 19.1. The number of hydrogen-bond acceptors (Lipinski definition) is 2. The van der Waals surface area contributed by atoms with Crippen LogP contribution in [0.1, 0.15) is 32.4 Å². The first-order valence-corrected chi connectivity index (χ1v) is 5.41. The largest absolute Gasteiger partial charge is 0.496 e. The lowest BCUT2D eigenvalue weighted by molar-refractivity contribution is 0.270. The summed E-state index contributed by atoms with van der Waals surface area (Å²) in [5.41, 5.74) is 0.518. The number of ether oxygens (including phenoxy) is 1. The number of halogens is 1. The van der Waals surface area contributed by atoms with Crippen LogP contribution in [0.5, 0.6) is 5.75 Å². The minimum absolute atomic E-state index is 0.0791. The highest BCUT2D eigenvalue weighted by Crippen LogP contribution is 2.38. The third-order valence-corrected chi connectivity index (χ3v) is 2.68. The molecule has 0 aliphatic heterocycles. The van der Waals surface area contributed by atoms with Gasteiger partial charge in [-0.2, -0.15) is 0 Å². The van der Waals surface area contributed by atoms with Gasteiger partial charge in [0.15, 0.2) is 0 Å². The molecule has 1 aromatic carbocycles. The van der Waals surface area contributed by atoms with Gasteiger partial charge in [0.05, 0.1) is 7.11 Å². The van der Waals surface area contributed by atoms with Crippen LogP contribution < -0.4 is 10.1 Å². The molecule has 0 bridgehead atoms. The maximum absolute atomic E-state index is 13.9. The number of rotatable bonds is 3. The first-order chi connectivity index (χ1) is 7.41. The molecule has 1 rings (SSSR count). The van der Waals surface area contributed by atoms with Gasteiger partial charge in [0.25, 0.3) is 0 Å². The van der Waals surface area contributed by atoms with Gasteiger partial charge < -0.3 is 10.1 Å². The molecule has 1 unspecified atom stereocenters. The summed E-state index contributed by atoms with van der Waals surface area (Å²) in [5.74, 6) is 0.364. The standard InChI is InChI=1S/C13H20FNO/c1-13(2,3)12(15-4)11-9(14)7-6-8-10(11)16-5/h6-8,12,15H,1-5H3. The average molecular weight is 225 g/mol. The third kappa shape index (κ3) is 2.53. The average Bonchev–Trinajstić information content (AvgIpc) is 2.19. The van der Waals surface area contributed by atoms with Crippen LogP contribution in [-0.2, 0) is 0 Å². The summed E-state index contributed by atoms with van der Waals surface area (Å²) in [6.07, 6.45) is 0. The molecule has 0 aromatic heterocycles. The predicted molar refractivity (Wildman–Crippen MR) is 64.2 cm³/mol. The van der Waals surface area contributed by atoms with E-state index in [0.29, 0.717) is 11.3 Å². The normalized spacial score (nSPS) is 13.6. The zero-order chi connectivity index (χ0) is 12.3. The highest BCUT2D eigenvalue weighted by atomic mass is 19.1. The van der Waals surface area contributed by atoms with Gasteiger partial charge in [-0.3, -0.25) is 0 Å². The lowest BCUT2D eigenvalue weighted by atomic mass is 9.82. The number of methoxy groups -OCH3 is 1. The zero-order valence-electron chi connectivity index (χ0n) is 10.6. The Labute approximate surface area is 96.8 Å². The monoisotopic (exact) mass is 225 g/mol. The second-order valence-corrected chi connectivity index (χ2v) is 4.94. The van der Waals surface area contributed by atoms with Crippen molar-refractivity contribution in [2.75, 3.05) is 14.2 Å². The highest BCUT2D eigenvalue weighted by Gasteiger charge is 2.29. The summed E-state index contributed by atoms with van der Waals surface area (Å²) in [4.78, 5) is 0. The van der Waals surface area contributed by atoms with E-state index in [-0.39, 0.29) is 17.3 Å². The molecule has 3 heteroatoms. The van der Waals surface area contributed by atoms with Crippen molar-refractivity contribution in [2.45, 2.75) is 26.8 Å². The van der Waals surface area contributed by atoms with Gasteiger partial charge in [-0.25, -0.2) is 4.39 Å². The van der Waals surface area contributed by atoms with Gasteiger partial charge in [-0.05, 0) is 24.6 Å². The van der Waals surface area contributed by atoms with Crippen molar-refractivity contribution < 1.29 is 9.13 Å². The molecule has 90 valence electrons. The Kier molecular flexibility index (Phi) is 3.92. The lowest BCUT2D eigenvalue weighted by Crippen LogP contribution is -2.30. The van der Waals surface area contributed by atoms with E-state index in [4.69, 9.17) is 4.74 Å². The Balaban J connectivity index is 3.29. The molecule has 1 N–H and O–H groups in total. The van der Waals surface area contributed by atoms with Gasteiger partial charge in [-0.1, -0.05) is 26.8 Å². The number of nitrogens with one attached hydrogen (secondary N) is 1. The first kappa shape index (κ1) is 13.0. The van der Waals surface area contributed by atoms with Gasteiger partial charge >= 0.3 is 0 Å². The molecule has 2 nitrogen and oxygen atoms in total. The van der Waals surface area contributed by atoms with Crippen molar-refractivity contribution in [3.8, 4) is 5.75 Å². The number of hydrogen-bond donors (Lipinski definition) is 1. The van der Waals surface area contributed by atoms with Crippen LogP contribution in [0.4, 0.5) is 4.39 Å². The van der Waals surface area contributed by atoms with Crippen LogP contribution in [0.3, 0.4) is 0 Å². The molecular weight excluding hydrogens is 205 g/mol. The summed E-state index contributed by atoms with van der Waals surface area (Å²) >= 11 is 0. The van der Waals surface area contributed by atoms with Crippen LogP contribution in [0, 0.1) is 11.2 Å². The Morgan fingerprint density at radius 1 is 1.31 bits per heavy atom. The van der Waals surface area contributed by atoms with Crippen molar-refractivity contribution >= 4 is 0 Å². The fourth-order valence-electron chi connectivity index (χ4n) is 1.99. The topological polar surface area (TPSA) is 21.3 Å². The lowest BCUT2D eigenvalue weighted by Gasteiger charge is -2.32. The molecule has 0 heterocycles. The highest BCUT2D eigenvalue weighted by molar-refractivity contribution is 5.38. The predicted octanol–water partition coefficient (Wildman–Crippen LogP) is 3.14. The molecule has 1 aromatic rings. The van der Waals surface area contributed by atoms with Crippen molar-refractivity contribution in [1.82, 2.24) is 5.32 Å². The fraction of sp³-hybridized carbons (Fsp3) is 0.538. The number of benzene rings is 1. The van der Waals surface area contributed by atoms with E-state index in [2.05, 4.69) is 26.1 Å². The van der Waals surface area contributed by atoms with E-state index in [1.807, 2.05) is 7.05 Å².